The maximum atomic E-state index is 3.81. The number of rotatable bonds is 5. The minimum Gasteiger partial charge on any atom is -0.385 e. The van der Waals surface area contributed by atoms with Gasteiger partial charge in [0.1, 0.15) is 0 Å². The molecule has 1 atom stereocenters. The van der Waals surface area contributed by atoms with Gasteiger partial charge in [-0.05, 0) is 42.6 Å². The van der Waals surface area contributed by atoms with Gasteiger partial charge in [-0.3, -0.25) is 4.90 Å². The molecule has 0 aromatic heterocycles. The first-order valence-electron chi connectivity index (χ1n) is 10.3. The molecule has 2 aliphatic heterocycles. The third-order valence-corrected chi connectivity index (χ3v) is 5.87. The molecular formula is C23H32N4. The Labute approximate surface area is 163 Å². The van der Waals surface area contributed by atoms with E-state index in [1.807, 2.05) is 0 Å². The standard InChI is InChI=1S/C23H32N4/c1-26-12-14-27(15-13-26)18-20-7-4-6-19(16-20)17-25-23-10-5-11-24-22-9-3-2-8-21(22)23/h2-4,6-9,16,23-25H,5,10-15,17-18H2,1H3. The Kier molecular flexibility index (Phi) is 6.07. The molecule has 27 heavy (non-hydrogen) atoms. The molecule has 4 heteroatoms. The number of piperazine rings is 1. The van der Waals surface area contributed by atoms with Crippen LogP contribution in [0.1, 0.15) is 35.6 Å². The molecule has 1 saturated heterocycles. The van der Waals surface area contributed by atoms with E-state index >= 15 is 0 Å². The summed E-state index contributed by atoms with van der Waals surface area (Å²) in [6, 6.07) is 18.3. The summed E-state index contributed by atoms with van der Waals surface area (Å²) in [4.78, 5) is 4.98. The van der Waals surface area contributed by atoms with Crippen molar-refractivity contribution in [3.8, 4) is 0 Å². The number of likely N-dealkylation sites (N-methyl/N-ethyl adjacent to an activating group) is 1. The number of para-hydroxylation sites is 1. The first kappa shape index (κ1) is 18.5. The summed E-state index contributed by atoms with van der Waals surface area (Å²) >= 11 is 0. The lowest BCUT2D eigenvalue weighted by molar-refractivity contribution is 0.148. The minimum absolute atomic E-state index is 0.428. The molecule has 0 radical (unpaired) electrons. The van der Waals surface area contributed by atoms with E-state index in [4.69, 9.17) is 0 Å². The van der Waals surface area contributed by atoms with Gasteiger partial charge in [0.25, 0.3) is 0 Å². The summed E-state index contributed by atoms with van der Waals surface area (Å²) in [6.45, 7) is 7.76. The van der Waals surface area contributed by atoms with Crippen LogP contribution in [0.3, 0.4) is 0 Å². The van der Waals surface area contributed by atoms with Crippen LogP contribution in [-0.2, 0) is 13.1 Å². The van der Waals surface area contributed by atoms with Crippen molar-refractivity contribution in [1.29, 1.82) is 0 Å². The third-order valence-electron chi connectivity index (χ3n) is 5.87. The lowest BCUT2D eigenvalue weighted by Gasteiger charge is -2.32. The highest BCUT2D eigenvalue weighted by atomic mass is 15.2. The second-order valence-electron chi connectivity index (χ2n) is 7.99. The Morgan fingerprint density at radius 2 is 1.81 bits per heavy atom. The smallest absolute Gasteiger partial charge is 0.0388 e. The molecule has 0 saturated carbocycles. The van der Waals surface area contributed by atoms with Crippen molar-refractivity contribution in [2.45, 2.75) is 32.0 Å². The van der Waals surface area contributed by atoms with Crippen molar-refractivity contribution in [2.75, 3.05) is 45.1 Å². The average Bonchev–Trinajstić information content (AvgIpc) is 2.91. The van der Waals surface area contributed by atoms with Crippen LogP contribution in [0.15, 0.2) is 48.5 Å². The normalized spacial score (nSPS) is 21.3. The van der Waals surface area contributed by atoms with E-state index in [0.717, 1.165) is 19.6 Å². The van der Waals surface area contributed by atoms with Gasteiger partial charge in [-0.2, -0.15) is 0 Å². The summed E-state index contributed by atoms with van der Waals surface area (Å²) in [7, 11) is 2.21. The first-order valence-corrected chi connectivity index (χ1v) is 10.3. The van der Waals surface area contributed by atoms with Gasteiger partial charge in [-0.15, -0.1) is 0 Å². The van der Waals surface area contributed by atoms with Gasteiger partial charge in [0.15, 0.2) is 0 Å². The molecule has 0 amide bonds. The fraction of sp³-hybridized carbons (Fsp3) is 0.478. The molecule has 0 spiro atoms. The quantitative estimate of drug-likeness (QED) is 0.850. The lowest BCUT2D eigenvalue weighted by Crippen LogP contribution is -2.43. The van der Waals surface area contributed by atoms with E-state index in [1.54, 1.807) is 0 Å². The van der Waals surface area contributed by atoms with Crippen LogP contribution in [0.5, 0.6) is 0 Å². The Hall–Kier alpha value is -1.88. The molecular weight excluding hydrogens is 332 g/mol. The van der Waals surface area contributed by atoms with Gasteiger partial charge in [0.05, 0.1) is 0 Å². The molecule has 2 N–H and O–H groups in total. The SMILES string of the molecule is CN1CCN(Cc2cccc(CNC3CCCNc4ccccc43)c2)CC1. The summed E-state index contributed by atoms with van der Waals surface area (Å²) in [5, 5.41) is 7.37. The van der Waals surface area contributed by atoms with Crippen LogP contribution in [0.2, 0.25) is 0 Å². The van der Waals surface area contributed by atoms with Crippen LogP contribution in [0.4, 0.5) is 5.69 Å². The maximum Gasteiger partial charge on any atom is 0.0388 e. The largest absolute Gasteiger partial charge is 0.385 e. The van der Waals surface area contributed by atoms with Gasteiger partial charge in [0, 0.05) is 57.5 Å². The predicted molar refractivity (Wildman–Crippen MR) is 113 cm³/mol. The Bertz CT molecular complexity index is 737. The maximum absolute atomic E-state index is 3.81. The highest BCUT2D eigenvalue weighted by Crippen LogP contribution is 2.29. The lowest BCUT2D eigenvalue weighted by atomic mass is 10.0. The number of nitrogens with zero attached hydrogens (tertiary/aromatic N) is 2. The summed E-state index contributed by atoms with van der Waals surface area (Å²) in [5.41, 5.74) is 5.51. The van der Waals surface area contributed by atoms with Crippen molar-refractivity contribution in [3.63, 3.8) is 0 Å². The fourth-order valence-electron chi connectivity index (χ4n) is 4.20. The van der Waals surface area contributed by atoms with Crippen molar-refractivity contribution in [3.05, 3.63) is 65.2 Å². The van der Waals surface area contributed by atoms with Crippen molar-refractivity contribution < 1.29 is 0 Å². The number of anilines is 1. The summed E-state index contributed by atoms with van der Waals surface area (Å²) < 4.78 is 0. The van der Waals surface area contributed by atoms with Gasteiger partial charge in [0.2, 0.25) is 0 Å². The highest BCUT2D eigenvalue weighted by molar-refractivity contribution is 5.53. The van der Waals surface area contributed by atoms with Crippen molar-refractivity contribution in [2.24, 2.45) is 0 Å². The second kappa shape index (κ2) is 8.87. The van der Waals surface area contributed by atoms with Crippen LogP contribution in [-0.4, -0.2) is 49.6 Å². The topological polar surface area (TPSA) is 30.5 Å². The Balaban J connectivity index is 1.37. The van der Waals surface area contributed by atoms with Gasteiger partial charge in [-0.25, -0.2) is 0 Å². The van der Waals surface area contributed by atoms with Gasteiger partial charge in [-0.1, -0.05) is 42.5 Å². The molecule has 0 bridgehead atoms. The molecule has 2 aliphatic rings. The van der Waals surface area contributed by atoms with Crippen LogP contribution >= 0.6 is 0 Å². The fourth-order valence-corrected chi connectivity index (χ4v) is 4.20. The molecule has 1 fully saturated rings. The van der Waals surface area contributed by atoms with Crippen molar-refractivity contribution >= 4 is 5.69 Å². The third kappa shape index (κ3) is 4.89. The van der Waals surface area contributed by atoms with E-state index in [-0.39, 0.29) is 0 Å². The van der Waals surface area contributed by atoms with E-state index < -0.39 is 0 Å². The summed E-state index contributed by atoms with van der Waals surface area (Å²) in [5.74, 6) is 0. The highest BCUT2D eigenvalue weighted by Gasteiger charge is 2.18. The van der Waals surface area contributed by atoms with E-state index in [9.17, 15) is 0 Å². The zero-order chi connectivity index (χ0) is 18.5. The molecule has 4 nitrogen and oxygen atoms in total. The number of fused-ring (bicyclic) bond motifs is 1. The van der Waals surface area contributed by atoms with Crippen molar-refractivity contribution in [1.82, 2.24) is 15.1 Å². The van der Waals surface area contributed by atoms with Gasteiger partial charge < -0.3 is 15.5 Å². The van der Waals surface area contributed by atoms with Gasteiger partial charge >= 0.3 is 0 Å². The molecule has 2 heterocycles. The van der Waals surface area contributed by atoms with Crippen LogP contribution < -0.4 is 10.6 Å². The Morgan fingerprint density at radius 3 is 2.70 bits per heavy atom. The minimum atomic E-state index is 0.428. The number of nitrogens with one attached hydrogen (secondary N) is 2. The van der Waals surface area contributed by atoms with E-state index in [0.29, 0.717) is 6.04 Å². The molecule has 4 rings (SSSR count). The molecule has 144 valence electrons. The monoisotopic (exact) mass is 364 g/mol. The molecule has 0 aliphatic carbocycles. The number of benzene rings is 2. The zero-order valence-electron chi connectivity index (χ0n) is 16.5. The summed E-state index contributed by atoms with van der Waals surface area (Å²) in [6.07, 6.45) is 2.39. The Morgan fingerprint density at radius 1 is 1.00 bits per heavy atom. The first-order chi connectivity index (χ1) is 13.3. The van der Waals surface area contributed by atoms with Crippen LogP contribution in [0, 0.1) is 0 Å². The molecule has 2 aromatic rings. The molecule has 2 aromatic carbocycles. The number of hydrogen-bond acceptors (Lipinski definition) is 4. The zero-order valence-corrected chi connectivity index (χ0v) is 16.5. The number of hydrogen-bond donors (Lipinski definition) is 2. The van der Waals surface area contributed by atoms with Crippen LogP contribution in [0.25, 0.3) is 0 Å². The average molecular weight is 365 g/mol. The predicted octanol–water partition coefficient (Wildman–Crippen LogP) is 3.47. The van der Waals surface area contributed by atoms with E-state index in [2.05, 4.69) is 76.0 Å². The van der Waals surface area contributed by atoms with E-state index in [1.165, 1.54) is 61.4 Å². The molecule has 1 unspecified atom stereocenters. The second-order valence-corrected chi connectivity index (χ2v) is 7.99.